The molecule has 0 saturated carbocycles. The zero-order valence-electron chi connectivity index (χ0n) is 11.4. The fourth-order valence-electron chi connectivity index (χ4n) is 1.76. The van der Waals surface area contributed by atoms with E-state index in [0.717, 1.165) is 12.0 Å². The Morgan fingerprint density at radius 2 is 2.15 bits per heavy atom. The first-order valence-electron chi connectivity index (χ1n) is 6.33. The van der Waals surface area contributed by atoms with Crippen LogP contribution in [0.25, 0.3) is 0 Å². The second-order valence-electron chi connectivity index (χ2n) is 4.34. The molecule has 2 aromatic rings. The van der Waals surface area contributed by atoms with Crippen LogP contribution in [0.3, 0.4) is 0 Å². The van der Waals surface area contributed by atoms with Crippen LogP contribution in [0.1, 0.15) is 34.0 Å². The molecule has 1 aromatic carbocycles. The van der Waals surface area contributed by atoms with Crippen LogP contribution in [-0.4, -0.2) is 16.8 Å². The molecular formula is C15H16N2O2S. The van der Waals surface area contributed by atoms with E-state index in [1.807, 2.05) is 24.3 Å². The maximum atomic E-state index is 12.1. The standard InChI is InChI=1S/C15H16N2O2S/c1-3-13-7-8-14(20-13)15(18)16-12-6-4-5-11(9-12)10(2)17-19/h4-9,19H,3H2,1-2H3,(H,16,18). The van der Waals surface area contributed by atoms with Gasteiger partial charge in [0.05, 0.1) is 10.6 Å². The number of oxime groups is 1. The molecule has 0 aliphatic carbocycles. The van der Waals surface area contributed by atoms with Crippen LogP contribution in [0.4, 0.5) is 5.69 Å². The first-order valence-corrected chi connectivity index (χ1v) is 7.15. The average molecular weight is 288 g/mol. The Hall–Kier alpha value is -2.14. The Labute approximate surface area is 121 Å². The van der Waals surface area contributed by atoms with Crippen molar-refractivity contribution in [3.05, 3.63) is 51.7 Å². The molecule has 0 unspecified atom stereocenters. The van der Waals surface area contributed by atoms with Crippen molar-refractivity contribution in [2.75, 3.05) is 5.32 Å². The number of carbonyl (C=O) groups is 1. The van der Waals surface area contributed by atoms with E-state index in [4.69, 9.17) is 5.21 Å². The maximum Gasteiger partial charge on any atom is 0.265 e. The summed E-state index contributed by atoms with van der Waals surface area (Å²) >= 11 is 1.50. The summed E-state index contributed by atoms with van der Waals surface area (Å²) in [4.78, 5) is 14.0. The number of amides is 1. The van der Waals surface area contributed by atoms with Crippen molar-refractivity contribution in [3.8, 4) is 0 Å². The average Bonchev–Trinajstić information content (AvgIpc) is 2.95. The van der Waals surface area contributed by atoms with Crippen LogP contribution >= 0.6 is 11.3 Å². The van der Waals surface area contributed by atoms with Crippen LogP contribution in [0.15, 0.2) is 41.6 Å². The molecule has 0 aliphatic heterocycles. The lowest BCUT2D eigenvalue weighted by atomic mass is 10.1. The smallest absolute Gasteiger partial charge is 0.265 e. The molecule has 2 N–H and O–H groups in total. The number of rotatable bonds is 4. The first kappa shape index (κ1) is 14.3. The van der Waals surface area contributed by atoms with Crippen molar-refractivity contribution < 1.29 is 10.0 Å². The van der Waals surface area contributed by atoms with E-state index in [0.29, 0.717) is 16.3 Å². The molecule has 1 heterocycles. The number of hydrogen-bond donors (Lipinski definition) is 2. The monoisotopic (exact) mass is 288 g/mol. The van der Waals surface area contributed by atoms with Crippen molar-refractivity contribution in [3.63, 3.8) is 0 Å². The summed E-state index contributed by atoms with van der Waals surface area (Å²) in [6.07, 6.45) is 0.930. The minimum Gasteiger partial charge on any atom is -0.411 e. The van der Waals surface area contributed by atoms with E-state index in [9.17, 15) is 4.79 Å². The lowest BCUT2D eigenvalue weighted by Crippen LogP contribution is -2.10. The Kier molecular flexibility index (Phi) is 4.53. The van der Waals surface area contributed by atoms with Gasteiger partial charge < -0.3 is 10.5 Å². The van der Waals surface area contributed by atoms with Crippen LogP contribution in [0.2, 0.25) is 0 Å². The minimum absolute atomic E-state index is 0.120. The summed E-state index contributed by atoms with van der Waals surface area (Å²) < 4.78 is 0. The fourth-order valence-corrected chi connectivity index (χ4v) is 2.61. The van der Waals surface area contributed by atoms with Gasteiger partial charge in [0, 0.05) is 16.1 Å². The molecule has 20 heavy (non-hydrogen) atoms. The van der Waals surface area contributed by atoms with Crippen molar-refractivity contribution in [2.45, 2.75) is 20.3 Å². The maximum absolute atomic E-state index is 12.1. The van der Waals surface area contributed by atoms with Gasteiger partial charge in [0.1, 0.15) is 0 Å². The van der Waals surface area contributed by atoms with E-state index in [1.54, 1.807) is 19.1 Å². The van der Waals surface area contributed by atoms with E-state index in [-0.39, 0.29) is 5.91 Å². The highest BCUT2D eigenvalue weighted by atomic mass is 32.1. The molecule has 0 fully saturated rings. The molecule has 1 amide bonds. The molecule has 2 rings (SSSR count). The molecular weight excluding hydrogens is 272 g/mol. The number of anilines is 1. The van der Waals surface area contributed by atoms with Crippen molar-refractivity contribution >= 4 is 28.6 Å². The third kappa shape index (κ3) is 3.24. The number of benzene rings is 1. The van der Waals surface area contributed by atoms with Crippen molar-refractivity contribution in [1.82, 2.24) is 0 Å². The number of carbonyl (C=O) groups excluding carboxylic acids is 1. The van der Waals surface area contributed by atoms with Crippen LogP contribution in [0, 0.1) is 0 Å². The summed E-state index contributed by atoms with van der Waals surface area (Å²) in [5, 5.41) is 14.8. The second kappa shape index (κ2) is 6.34. The second-order valence-corrected chi connectivity index (χ2v) is 5.51. The predicted molar refractivity (Wildman–Crippen MR) is 82.1 cm³/mol. The van der Waals surface area contributed by atoms with Gasteiger partial charge in [0.25, 0.3) is 5.91 Å². The lowest BCUT2D eigenvalue weighted by Gasteiger charge is -2.05. The van der Waals surface area contributed by atoms with Gasteiger partial charge in [-0.25, -0.2) is 0 Å². The SMILES string of the molecule is CCc1ccc(C(=O)Nc2cccc(C(C)=NO)c2)s1. The molecule has 5 heteroatoms. The number of thiophene rings is 1. The van der Waals surface area contributed by atoms with Crippen LogP contribution in [-0.2, 0) is 6.42 Å². The van der Waals surface area contributed by atoms with Gasteiger partial charge in [-0.3, -0.25) is 4.79 Å². The molecule has 0 spiro atoms. The largest absolute Gasteiger partial charge is 0.411 e. The molecule has 1 aromatic heterocycles. The third-order valence-corrected chi connectivity index (χ3v) is 4.15. The molecule has 0 aliphatic rings. The zero-order chi connectivity index (χ0) is 14.5. The highest BCUT2D eigenvalue weighted by Gasteiger charge is 2.09. The Bertz CT molecular complexity index is 647. The highest BCUT2D eigenvalue weighted by molar-refractivity contribution is 7.14. The van der Waals surface area contributed by atoms with Crippen LogP contribution in [0.5, 0.6) is 0 Å². The van der Waals surface area contributed by atoms with E-state index in [1.165, 1.54) is 16.2 Å². The van der Waals surface area contributed by atoms with Gasteiger partial charge in [0.15, 0.2) is 0 Å². The molecule has 0 saturated heterocycles. The highest BCUT2D eigenvalue weighted by Crippen LogP contribution is 2.19. The zero-order valence-corrected chi connectivity index (χ0v) is 12.2. The van der Waals surface area contributed by atoms with Gasteiger partial charge in [0.2, 0.25) is 0 Å². The predicted octanol–water partition coefficient (Wildman–Crippen LogP) is 3.76. The summed E-state index contributed by atoms with van der Waals surface area (Å²) in [6, 6.07) is 11.0. The molecule has 0 bridgehead atoms. The normalized spacial score (nSPS) is 11.4. The molecule has 104 valence electrons. The fraction of sp³-hybridized carbons (Fsp3) is 0.200. The topological polar surface area (TPSA) is 61.7 Å². The Morgan fingerprint density at radius 3 is 2.80 bits per heavy atom. The number of aryl methyl sites for hydroxylation is 1. The molecule has 0 radical (unpaired) electrons. The van der Waals surface area contributed by atoms with E-state index < -0.39 is 0 Å². The Balaban J connectivity index is 2.15. The summed E-state index contributed by atoms with van der Waals surface area (Å²) in [6.45, 7) is 3.77. The Morgan fingerprint density at radius 1 is 1.35 bits per heavy atom. The number of nitrogens with zero attached hydrogens (tertiary/aromatic N) is 1. The van der Waals surface area contributed by atoms with Gasteiger partial charge >= 0.3 is 0 Å². The van der Waals surface area contributed by atoms with E-state index in [2.05, 4.69) is 17.4 Å². The van der Waals surface area contributed by atoms with Gasteiger partial charge in [-0.05, 0) is 37.6 Å². The number of hydrogen-bond acceptors (Lipinski definition) is 4. The minimum atomic E-state index is -0.120. The van der Waals surface area contributed by atoms with E-state index >= 15 is 0 Å². The third-order valence-electron chi connectivity index (χ3n) is 2.92. The summed E-state index contributed by atoms with van der Waals surface area (Å²) in [5.41, 5.74) is 1.96. The summed E-state index contributed by atoms with van der Waals surface area (Å²) in [5.74, 6) is -0.120. The first-order chi connectivity index (χ1) is 9.63. The lowest BCUT2D eigenvalue weighted by molar-refractivity contribution is 0.103. The summed E-state index contributed by atoms with van der Waals surface area (Å²) in [7, 11) is 0. The van der Waals surface area contributed by atoms with Crippen LogP contribution < -0.4 is 5.32 Å². The van der Waals surface area contributed by atoms with Crippen molar-refractivity contribution in [1.29, 1.82) is 0 Å². The number of nitrogens with one attached hydrogen (secondary N) is 1. The van der Waals surface area contributed by atoms with Crippen molar-refractivity contribution in [2.24, 2.45) is 5.16 Å². The molecule has 0 atom stereocenters. The quantitative estimate of drug-likeness (QED) is 0.511. The van der Waals surface area contributed by atoms with Gasteiger partial charge in [-0.2, -0.15) is 0 Å². The molecule has 4 nitrogen and oxygen atoms in total. The van der Waals surface area contributed by atoms with Gasteiger partial charge in [-0.15, -0.1) is 11.3 Å². The van der Waals surface area contributed by atoms with Gasteiger partial charge in [-0.1, -0.05) is 24.2 Å².